The first kappa shape index (κ1) is 16.9. The maximum atomic E-state index is 12.2. The van der Waals surface area contributed by atoms with Gasteiger partial charge in [0, 0.05) is 10.4 Å². The molecule has 0 aliphatic heterocycles. The third kappa shape index (κ3) is 3.76. The SMILES string of the molecule is Cc1nc(-c2ccccc2)sc1CNC(=O)NC(C)(CO)C1CC1. The maximum absolute atomic E-state index is 12.2. The predicted molar refractivity (Wildman–Crippen MR) is 95.9 cm³/mol. The highest BCUT2D eigenvalue weighted by Crippen LogP contribution is 2.39. The molecule has 3 N–H and O–H groups in total. The standard InChI is InChI=1S/C18H23N3O2S/c1-12-15(24-16(20-12)13-6-4-3-5-7-13)10-19-17(23)21-18(2,11-22)14-8-9-14/h3-7,14,22H,8-11H2,1-2H3,(H2,19,21,23). The minimum atomic E-state index is -0.526. The molecule has 24 heavy (non-hydrogen) atoms. The van der Waals surface area contributed by atoms with E-state index >= 15 is 0 Å². The molecule has 1 heterocycles. The summed E-state index contributed by atoms with van der Waals surface area (Å²) in [6.45, 7) is 4.26. The Kier molecular flexibility index (Phi) is 4.87. The Balaban J connectivity index is 1.60. The molecule has 1 fully saturated rings. The predicted octanol–water partition coefficient (Wildman–Crippen LogP) is 3.08. The Bertz CT molecular complexity index is 712. The fourth-order valence-electron chi connectivity index (χ4n) is 2.75. The summed E-state index contributed by atoms with van der Waals surface area (Å²) < 4.78 is 0. The summed E-state index contributed by atoms with van der Waals surface area (Å²) >= 11 is 1.59. The van der Waals surface area contributed by atoms with Crippen molar-refractivity contribution in [2.24, 2.45) is 5.92 Å². The van der Waals surface area contributed by atoms with Crippen LogP contribution in [0.25, 0.3) is 10.6 Å². The summed E-state index contributed by atoms with van der Waals surface area (Å²) in [5.41, 5.74) is 1.50. The summed E-state index contributed by atoms with van der Waals surface area (Å²) in [7, 11) is 0. The van der Waals surface area contributed by atoms with Gasteiger partial charge in [-0.15, -0.1) is 11.3 Å². The lowest BCUT2D eigenvalue weighted by molar-refractivity contribution is 0.155. The van der Waals surface area contributed by atoms with Gasteiger partial charge in [0.2, 0.25) is 0 Å². The minimum absolute atomic E-state index is 0.0389. The van der Waals surface area contributed by atoms with Crippen LogP contribution in [0.15, 0.2) is 30.3 Å². The van der Waals surface area contributed by atoms with Gasteiger partial charge in [0.25, 0.3) is 0 Å². The van der Waals surface area contributed by atoms with E-state index in [9.17, 15) is 9.90 Å². The number of carbonyl (C=O) groups excluding carboxylic acids is 1. The first-order valence-corrected chi connectivity index (χ1v) is 9.02. The summed E-state index contributed by atoms with van der Waals surface area (Å²) in [6.07, 6.45) is 2.12. The van der Waals surface area contributed by atoms with Gasteiger partial charge in [0.15, 0.2) is 0 Å². The lowest BCUT2D eigenvalue weighted by atomic mass is 9.97. The van der Waals surface area contributed by atoms with Gasteiger partial charge >= 0.3 is 6.03 Å². The van der Waals surface area contributed by atoms with Crippen molar-refractivity contribution in [2.75, 3.05) is 6.61 Å². The quantitative estimate of drug-likeness (QED) is 0.753. The van der Waals surface area contributed by atoms with Crippen LogP contribution in [0.1, 0.15) is 30.3 Å². The van der Waals surface area contributed by atoms with Crippen molar-refractivity contribution >= 4 is 17.4 Å². The first-order valence-electron chi connectivity index (χ1n) is 8.20. The number of aromatic nitrogens is 1. The number of aliphatic hydroxyl groups excluding tert-OH is 1. The number of amides is 2. The molecule has 1 aliphatic carbocycles. The number of benzene rings is 1. The van der Waals surface area contributed by atoms with Gasteiger partial charge in [-0.05, 0) is 32.6 Å². The van der Waals surface area contributed by atoms with Crippen LogP contribution >= 0.6 is 11.3 Å². The van der Waals surface area contributed by atoms with Crippen LogP contribution in [-0.2, 0) is 6.54 Å². The van der Waals surface area contributed by atoms with E-state index in [0.717, 1.165) is 34.0 Å². The number of nitrogens with zero attached hydrogens (tertiary/aromatic N) is 1. The van der Waals surface area contributed by atoms with Crippen LogP contribution in [0.4, 0.5) is 4.79 Å². The molecule has 0 saturated heterocycles. The van der Waals surface area contributed by atoms with Crippen molar-refractivity contribution in [2.45, 2.75) is 38.8 Å². The van der Waals surface area contributed by atoms with Crippen LogP contribution in [0, 0.1) is 12.8 Å². The average Bonchev–Trinajstić information content (AvgIpc) is 3.38. The zero-order valence-corrected chi connectivity index (χ0v) is 14.8. The van der Waals surface area contributed by atoms with Gasteiger partial charge in [0.05, 0.1) is 24.4 Å². The van der Waals surface area contributed by atoms with Crippen LogP contribution in [0.5, 0.6) is 0 Å². The van der Waals surface area contributed by atoms with E-state index in [4.69, 9.17) is 0 Å². The highest BCUT2D eigenvalue weighted by atomic mass is 32.1. The van der Waals surface area contributed by atoms with Crippen LogP contribution in [0.2, 0.25) is 0 Å². The molecule has 2 amide bonds. The lowest BCUT2D eigenvalue weighted by Crippen LogP contribution is -2.53. The smallest absolute Gasteiger partial charge is 0.315 e. The second-order valence-corrected chi connectivity index (χ2v) is 7.63. The van der Waals surface area contributed by atoms with Gasteiger partial charge in [-0.3, -0.25) is 0 Å². The summed E-state index contributed by atoms with van der Waals surface area (Å²) in [6, 6.07) is 9.78. The number of hydrogen-bond acceptors (Lipinski definition) is 4. The Morgan fingerprint density at radius 3 is 2.71 bits per heavy atom. The largest absolute Gasteiger partial charge is 0.394 e. The Labute approximate surface area is 146 Å². The Morgan fingerprint density at radius 1 is 1.38 bits per heavy atom. The van der Waals surface area contributed by atoms with Crippen LogP contribution < -0.4 is 10.6 Å². The van der Waals surface area contributed by atoms with Gasteiger partial charge in [0.1, 0.15) is 5.01 Å². The number of aryl methyl sites for hydroxylation is 1. The molecular weight excluding hydrogens is 322 g/mol. The highest BCUT2D eigenvalue weighted by molar-refractivity contribution is 7.15. The molecule has 0 radical (unpaired) electrons. The normalized spacial score (nSPS) is 16.5. The van der Waals surface area contributed by atoms with E-state index < -0.39 is 5.54 Å². The van der Waals surface area contributed by atoms with E-state index in [2.05, 4.69) is 15.6 Å². The van der Waals surface area contributed by atoms with Gasteiger partial charge in [-0.25, -0.2) is 9.78 Å². The Hall–Kier alpha value is -1.92. The van der Waals surface area contributed by atoms with E-state index in [-0.39, 0.29) is 12.6 Å². The molecule has 128 valence electrons. The molecule has 2 aromatic rings. The first-order chi connectivity index (χ1) is 11.5. The highest BCUT2D eigenvalue weighted by Gasteiger charge is 2.42. The fourth-order valence-corrected chi connectivity index (χ4v) is 3.76. The van der Waals surface area contributed by atoms with E-state index in [1.54, 1.807) is 11.3 Å². The molecule has 1 atom stereocenters. The van der Waals surface area contributed by atoms with E-state index in [0.29, 0.717) is 12.5 Å². The molecule has 1 aromatic heterocycles. The maximum Gasteiger partial charge on any atom is 0.315 e. The van der Waals surface area contributed by atoms with Crippen molar-refractivity contribution in [3.63, 3.8) is 0 Å². The molecule has 1 saturated carbocycles. The Morgan fingerprint density at radius 2 is 2.08 bits per heavy atom. The number of aliphatic hydroxyl groups is 1. The van der Waals surface area contributed by atoms with Crippen molar-refractivity contribution in [3.8, 4) is 10.6 Å². The van der Waals surface area contributed by atoms with Crippen molar-refractivity contribution in [1.29, 1.82) is 0 Å². The van der Waals surface area contributed by atoms with Crippen LogP contribution in [0.3, 0.4) is 0 Å². The lowest BCUT2D eigenvalue weighted by Gasteiger charge is -2.28. The summed E-state index contributed by atoms with van der Waals surface area (Å²) in [5, 5.41) is 16.3. The molecule has 3 rings (SSSR count). The molecule has 1 aromatic carbocycles. The third-order valence-corrected chi connectivity index (χ3v) is 5.74. The van der Waals surface area contributed by atoms with Gasteiger partial charge in [-0.2, -0.15) is 0 Å². The molecular formula is C18H23N3O2S. The van der Waals surface area contributed by atoms with Crippen molar-refractivity contribution < 1.29 is 9.90 Å². The number of hydrogen-bond donors (Lipinski definition) is 3. The second kappa shape index (κ2) is 6.91. The third-order valence-electron chi connectivity index (χ3n) is 4.53. The number of carbonyl (C=O) groups is 1. The molecule has 0 bridgehead atoms. The monoisotopic (exact) mass is 345 g/mol. The summed E-state index contributed by atoms with van der Waals surface area (Å²) in [4.78, 5) is 17.8. The number of urea groups is 1. The topological polar surface area (TPSA) is 74.2 Å². The number of thiazole rings is 1. The van der Waals surface area contributed by atoms with Crippen molar-refractivity contribution in [1.82, 2.24) is 15.6 Å². The van der Waals surface area contributed by atoms with E-state index in [1.807, 2.05) is 44.2 Å². The van der Waals surface area contributed by atoms with Gasteiger partial charge < -0.3 is 15.7 Å². The average molecular weight is 345 g/mol. The minimum Gasteiger partial charge on any atom is -0.394 e. The zero-order valence-electron chi connectivity index (χ0n) is 14.0. The number of rotatable bonds is 6. The van der Waals surface area contributed by atoms with Crippen LogP contribution in [-0.4, -0.2) is 28.3 Å². The molecule has 1 unspecified atom stereocenters. The second-order valence-electron chi connectivity index (χ2n) is 6.55. The van der Waals surface area contributed by atoms with Gasteiger partial charge in [-0.1, -0.05) is 30.3 Å². The van der Waals surface area contributed by atoms with Crippen molar-refractivity contribution in [3.05, 3.63) is 40.9 Å². The van der Waals surface area contributed by atoms with E-state index in [1.165, 1.54) is 0 Å². The molecule has 0 spiro atoms. The number of nitrogens with one attached hydrogen (secondary N) is 2. The molecule has 5 nitrogen and oxygen atoms in total. The fraction of sp³-hybridized carbons (Fsp3) is 0.444. The molecule has 6 heteroatoms. The summed E-state index contributed by atoms with van der Waals surface area (Å²) in [5.74, 6) is 0.378. The molecule has 1 aliphatic rings. The zero-order chi connectivity index (χ0) is 17.2.